The number of pyridine rings is 2. The fraction of sp³-hybridized carbons (Fsp3) is 0.280. The molecule has 1 aliphatic carbocycles. The Morgan fingerprint density at radius 1 is 1.09 bits per heavy atom. The number of carbonyl (C=O) groups excluding carboxylic acids is 2. The summed E-state index contributed by atoms with van der Waals surface area (Å²) in [6.07, 6.45) is 4.19. The Labute approximate surface area is 193 Å². The second-order valence-electron chi connectivity index (χ2n) is 8.71. The van der Waals surface area contributed by atoms with Crippen molar-refractivity contribution < 1.29 is 18.0 Å². The van der Waals surface area contributed by atoms with E-state index in [1.54, 1.807) is 30.5 Å². The zero-order chi connectivity index (χ0) is 23.8. The van der Waals surface area contributed by atoms with E-state index in [-0.39, 0.29) is 23.0 Å². The molecule has 1 N–H and O–H groups in total. The lowest BCUT2D eigenvalue weighted by Gasteiger charge is -2.32. The number of aryl methyl sites for hydroxylation is 2. The van der Waals surface area contributed by atoms with Crippen LogP contribution >= 0.6 is 0 Å². The van der Waals surface area contributed by atoms with Crippen LogP contribution in [0.1, 0.15) is 46.2 Å². The van der Waals surface area contributed by atoms with Crippen molar-refractivity contribution in [2.75, 3.05) is 11.6 Å². The highest BCUT2D eigenvalue weighted by Gasteiger charge is 2.41. The number of sulfone groups is 1. The molecule has 1 unspecified atom stereocenters. The Morgan fingerprint density at radius 3 is 2.45 bits per heavy atom. The van der Waals surface area contributed by atoms with Crippen molar-refractivity contribution in [3.63, 3.8) is 0 Å². The Kier molecular flexibility index (Phi) is 5.88. The molecule has 1 atom stereocenters. The molecule has 0 saturated carbocycles. The van der Waals surface area contributed by atoms with Gasteiger partial charge in [0.25, 0.3) is 0 Å². The van der Waals surface area contributed by atoms with Crippen molar-refractivity contribution in [2.45, 2.75) is 43.4 Å². The quantitative estimate of drug-likeness (QED) is 0.621. The van der Waals surface area contributed by atoms with Crippen molar-refractivity contribution in [1.82, 2.24) is 9.97 Å². The van der Waals surface area contributed by atoms with Crippen LogP contribution in [0.25, 0.3) is 0 Å². The van der Waals surface area contributed by atoms with Gasteiger partial charge < -0.3 is 5.32 Å². The molecule has 1 aliphatic rings. The molecule has 8 heteroatoms. The molecule has 0 radical (unpaired) electrons. The second-order valence-corrected chi connectivity index (χ2v) is 10.7. The number of hydrogen-bond acceptors (Lipinski definition) is 6. The molecule has 0 aliphatic heterocycles. The Morgan fingerprint density at radius 2 is 1.82 bits per heavy atom. The van der Waals surface area contributed by atoms with Crippen LogP contribution in [0.3, 0.4) is 0 Å². The van der Waals surface area contributed by atoms with Crippen LogP contribution in [0, 0.1) is 6.92 Å². The molecule has 3 aromatic rings. The van der Waals surface area contributed by atoms with E-state index in [2.05, 4.69) is 15.3 Å². The molecule has 0 saturated heterocycles. The number of amides is 1. The van der Waals surface area contributed by atoms with Gasteiger partial charge in [0.15, 0.2) is 15.6 Å². The van der Waals surface area contributed by atoms with E-state index in [9.17, 15) is 18.0 Å². The van der Waals surface area contributed by atoms with Gasteiger partial charge >= 0.3 is 0 Å². The van der Waals surface area contributed by atoms with Gasteiger partial charge in [-0.05, 0) is 68.1 Å². The van der Waals surface area contributed by atoms with E-state index in [4.69, 9.17) is 0 Å². The smallest absolute Gasteiger partial charge is 0.229 e. The topological polar surface area (TPSA) is 106 Å². The van der Waals surface area contributed by atoms with E-state index in [0.29, 0.717) is 35.5 Å². The number of aromatic nitrogens is 2. The van der Waals surface area contributed by atoms with Gasteiger partial charge in [0.05, 0.1) is 28.1 Å². The van der Waals surface area contributed by atoms with Gasteiger partial charge in [-0.2, -0.15) is 0 Å². The number of ketones is 1. The Hall–Kier alpha value is -3.39. The predicted octanol–water partition coefficient (Wildman–Crippen LogP) is 3.46. The van der Waals surface area contributed by atoms with Crippen molar-refractivity contribution in [1.29, 1.82) is 0 Å². The van der Waals surface area contributed by atoms with Crippen LogP contribution in [0.15, 0.2) is 59.6 Å². The molecule has 0 fully saturated rings. The summed E-state index contributed by atoms with van der Waals surface area (Å²) >= 11 is 0. The van der Waals surface area contributed by atoms with Crippen LogP contribution in [-0.4, -0.2) is 36.3 Å². The molecule has 1 amide bonds. The number of rotatable bonds is 5. The standard InChI is InChI=1S/C25H25N3O4S/c1-16-4-10-21(26-15-16)25(2)13-12-20-19(24(25)30)9-11-22(27-20)28-23(29)14-17-5-7-18(8-6-17)33(3,31)32/h4-11,15H,12-14H2,1-3H3,(H,27,28,29). The summed E-state index contributed by atoms with van der Waals surface area (Å²) < 4.78 is 23.1. The van der Waals surface area contributed by atoms with Crippen LogP contribution in [0.4, 0.5) is 5.82 Å². The van der Waals surface area contributed by atoms with Crippen molar-refractivity contribution in [2.24, 2.45) is 0 Å². The second kappa shape index (κ2) is 8.51. The molecule has 0 bridgehead atoms. The number of nitrogens with one attached hydrogen (secondary N) is 1. The summed E-state index contributed by atoms with van der Waals surface area (Å²) in [5.41, 5.74) is 3.00. The van der Waals surface area contributed by atoms with Crippen LogP contribution in [0.2, 0.25) is 0 Å². The molecule has 4 rings (SSSR count). The average molecular weight is 464 g/mol. The highest BCUT2D eigenvalue weighted by Crippen LogP contribution is 2.37. The predicted molar refractivity (Wildman–Crippen MR) is 125 cm³/mol. The summed E-state index contributed by atoms with van der Waals surface area (Å²) in [6, 6.07) is 13.4. The van der Waals surface area contributed by atoms with Crippen molar-refractivity contribution in [3.8, 4) is 0 Å². The summed E-state index contributed by atoms with van der Waals surface area (Å²) in [4.78, 5) is 35.0. The third-order valence-electron chi connectivity index (χ3n) is 6.04. The first-order chi connectivity index (χ1) is 15.6. The van der Waals surface area contributed by atoms with Gasteiger partial charge in [0.1, 0.15) is 5.82 Å². The lowest BCUT2D eigenvalue weighted by Crippen LogP contribution is -2.38. The van der Waals surface area contributed by atoms with Gasteiger partial charge in [-0.25, -0.2) is 13.4 Å². The summed E-state index contributed by atoms with van der Waals surface area (Å²) in [7, 11) is -3.28. The minimum atomic E-state index is -3.28. The largest absolute Gasteiger partial charge is 0.310 e. The number of fused-ring (bicyclic) bond motifs is 1. The average Bonchev–Trinajstić information content (AvgIpc) is 2.76. The number of hydrogen-bond donors (Lipinski definition) is 1. The number of anilines is 1. The minimum absolute atomic E-state index is 0.0172. The summed E-state index contributed by atoms with van der Waals surface area (Å²) in [6.45, 7) is 3.88. The van der Waals surface area contributed by atoms with E-state index >= 15 is 0 Å². The zero-order valence-electron chi connectivity index (χ0n) is 18.8. The Bertz CT molecular complexity index is 1330. The third-order valence-corrected chi connectivity index (χ3v) is 7.17. The molecular formula is C25H25N3O4S. The third kappa shape index (κ3) is 4.71. The monoisotopic (exact) mass is 463 g/mol. The van der Waals surface area contributed by atoms with Gasteiger partial charge in [-0.15, -0.1) is 0 Å². The molecule has 7 nitrogen and oxygen atoms in total. The van der Waals surface area contributed by atoms with E-state index in [1.165, 1.54) is 12.1 Å². The van der Waals surface area contributed by atoms with Gasteiger partial charge in [-0.3, -0.25) is 14.6 Å². The van der Waals surface area contributed by atoms with Gasteiger partial charge in [0.2, 0.25) is 5.91 Å². The maximum absolute atomic E-state index is 13.3. The molecule has 0 spiro atoms. The maximum atomic E-state index is 13.3. The Balaban J connectivity index is 1.47. The first-order valence-electron chi connectivity index (χ1n) is 10.6. The number of Topliss-reactive ketones (excluding diaryl/α,β-unsaturated/α-hetero) is 1. The normalized spacial score (nSPS) is 18.0. The first kappa shape index (κ1) is 22.8. The number of benzene rings is 1. The lowest BCUT2D eigenvalue weighted by molar-refractivity contribution is -0.115. The zero-order valence-corrected chi connectivity index (χ0v) is 19.6. The van der Waals surface area contributed by atoms with Crippen molar-refractivity contribution in [3.05, 3.63) is 82.8 Å². The molecule has 1 aromatic carbocycles. The molecule has 2 aromatic heterocycles. The SMILES string of the molecule is Cc1ccc(C2(C)CCc3nc(NC(=O)Cc4ccc(S(C)(=O)=O)cc4)ccc3C2=O)nc1. The molecule has 170 valence electrons. The lowest BCUT2D eigenvalue weighted by atomic mass is 9.71. The fourth-order valence-corrected chi connectivity index (χ4v) is 4.64. The molecular weight excluding hydrogens is 438 g/mol. The van der Waals surface area contributed by atoms with Crippen LogP contribution < -0.4 is 5.32 Å². The van der Waals surface area contributed by atoms with E-state index < -0.39 is 15.3 Å². The molecule has 33 heavy (non-hydrogen) atoms. The van der Waals surface area contributed by atoms with Crippen LogP contribution in [-0.2, 0) is 32.9 Å². The number of nitrogens with zero attached hydrogens (tertiary/aromatic N) is 2. The van der Waals surface area contributed by atoms with E-state index in [1.807, 2.05) is 26.0 Å². The first-order valence-corrected chi connectivity index (χ1v) is 12.5. The van der Waals surface area contributed by atoms with Gasteiger partial charge in [-0.1, -0.05) is 18.2 Å². The summed E-state index contributed by atoms with van der Waals surface area (Å²) in [5, 5.41) is 2.77. The highest BCUT2D eigenvalue weighted by atomic mass is 32.2. The minimum Gasteiger partial charge on any atom is -0.310 e. The summed E-state index contributed by atoms with van der Waals surface area (Å²) in [5.74, 6) is 0.0956. The highest BCUT2D eigenvalue weighted by molar-refractivity contribution is 7.90. The molecule has 2 heterocycles. The van der Waals surface area contributed by atoms with Crippen molar-refractivity contribution >= 4 is 27.3 Å². The van der Waals surface area contributed by atoms with Crippen LogP contribution in [0.5, 0.6) is 0 Å². The number of carbonyl (C=O) groups is 2. The maximum Gasteiger partial charge on any atom is 0.229 e. The fourth-order valence-electron chi connectivity index (χ4n) is 4.01. The van der Waals surface area contributed by atoms with Gasteiger partial charge in [0, 0.05) is 18.0 Å². The van der Waals surface area contributed by atoms with E-state index in [0.717, 1.165) is 17.5 Å².